The highest BCUT2D eigenvalue weighted by Crippen LogP contribution is 2.20. The molecule has 2 aromatic rings. The molecule has 6 nitrogen and oxygen atoms in total. The highest BCUT2D eigenvalue weighted by molar-refractivity contribution is 9.11. The van der Waals surface area contributed by atoms with E-state index in [1.165, 1.54) is 22.7 Å². The Labute approximate surface area is 163 Å². The van der Waals surface area contributed by atoms with Gasteiger partial charge in [-0.05, 0) is 56.1 Å². The minimum absolute atomic E-state index is 0.0391. The van der Waals surface area contributed by atoms with Crippen LogP contribution >= 0.6 is 54.5 Å². The summed E-state index contributed by atoms with van der Waals surface area (Å²) in [7, 11) is 0. The SMILES string of the molecule is O=C(CCC(=O)NN=Cc1ccc(Br)s1)NN=Cc1ccc(Br)s1. The summed E-state index contributed by atoms with van der Waals surface area (Å²) in [6.07, 6.45) is 3.18. The molecule has 10 heteroatoms. The number of carbonyl (C=O) groups is 2. The first-order valence-electron chi connectivity index (χ1n) is 6.67. The number of halogens is 2. The molecule has 0 aliphatic heterocycles. The van der Waals surface area contributed by atoms with Gasteiger partial charge in [-0.15, -0.1) is 22.7 Å². The Morgan fingerprint density at radius 2 is 1.29 bits per heavy atom. The quantitative estimate of drug-likeness (QED) is 0.457. The second kappa shape index (κ2) is 9.82. The zero-order valence-corrected chi connectivity index (χ0v) is 17.0. The topological polar surface area (TPSA) is 82.9 Å². The lowest BCUT2D eigenvalue weighted by molar-refractivity contribution is -0.126. The van der Waals surface area contributed by atoms with Crippen molar-refractivity contribution in [3.8, 4) is 0 Å². The monoisotopic (exact) mass is 490 g/mol. The van der Waals surface area contributed by atoms with Gasteiger partial charge in [0.25, 0.3) is 0 Å². The maximum absolute atomic E-state index is 11.6. The molecule has 0 saturated heterocycles. The van der Waals surface area contributed by atoms with Crippen molar-refractivity contribution < 1.29 is 9.59 Å². The largest absolute Gasteiger partial charge is 0.273 e. The minimum atomic E-state index is -0.330. The van der Waals surface area contributed by atoms with Crippen LogP contribution in [0.25, 0.3) is 0 Å². The summed E-state index contributed by atoms with van der Waals surface area (Å²) in [5.74, 6) is -0.661. The van der Waals surface area contributed by atoms with Crippen LogP contribution in [0.5, 0.6) is 0 Å². The molecule has 0 saturated carbocycles. The van der Waals surface area contributed by atoms with E-state index < -0.39 is 0 Å². The van der Waals surface area contributed by atoms with Crippen LogP contribution in [0.4, 0.5) is 0 Å². The number of carbonyl (C=O) groups excluding carboxylic acids is 2. The third-order valence-electron chi connectivity index (χ3n) is 2.53. The molecule has 0 aromatic carbocycles. The molecule has 0 radical (unpaired) electrons. The Balaban J connectivity index is 1.64. The summed E-state index contributed by atoms with van der Waals surface area (Å²) in [6, 6.07) is 7.55. The molecule has 2 amide bonds. The van der Waals surface area contributed by atoms with Crippen molar-refractivity contribution in [1.29, 1.82) is 0 Å². The number of thiophene rings is 2. The maximum atomic E-state index is 11.6. The van der Waals surface area contributed by atoms with Crippen LogP contribution in [-0.2, 0) is 9.59 Å². The summed E-state index contributed by atoms with van der Waals surface area (Å²) in [6.45, 7) is 0. The van der Waals surface area contributed by atoms with Gasteiger partial charge in [-0.1, -0.05) is 0 Å². The van der Waals surface area contributed by atoms with E-state index in [4.69, 9.17) is 0 Å². The summed E-state index contributed by atoms with van der Waals surface area (Å²) in [4.78, 5) is 25.0. The number of rotatable bonds is 7. The molecule has 0 atom stereocenters. The number of hydrogen-bond acceptors (Lipinski definition) is 6. The van der Waals surface area contributed by atoms with E-state index in [0.717, 1.165) is 17.3 Å². The molecule has 2 rings (SSSR count). The molecule has 2 N–H and O–H groups in total. The van der Waals surface area contributed by atoms with Crippen LogP contribution in [-0.4, -0.2) is 24.2 Å². The lowest BCUT2D eigenvalue weighted by Crippen LogP contribution is -2.22. The van der Waals surface area contributed by atoms with Gasteiger partial charge in [0.2, 0.25) is 11.8 Å². The van der Waals surface area contributed by atoms with Crippen molar-refractivity contribution in [3.05, 3.63) is 41.6 Å². The van der Waals surface area contributed by atoms with E-state index in [1.54, 1.807) is 12.4 Å². The summed E-state index contributed by atoms with van der Waals surface area (Å²) < 4.78 is 1.98. The van der Waals surface area contributed by atoms with Gasteiger partial charge in [0.1, 0.15) is 0 Å². The van der Waals surface area contributed by atoms with Crippen LogP contribution < -0.4 is 10.9 Å². The van der Waals surface area contributed by atoms with Crippen molar-refractivity contribution in [3.63, 3.8) is 0 Å². The molecule has 0 unspecified atom stereocenters. The van der Waals surface area contributed by atoms with Crippen LogP contribution in [0, 0.1) is 0 Å². The molecule has 24 heavy (non-hydrogen) atoms. The molecule has 0 fully saturated rings. The van der Waals surface area contributed by atoms with Crippen molar-refractivity contribution in [2.75, 3.05) is 0 Å². The molecule has 2 heterocycles. The van der Waals surface area contributed by atoms with E-state index in [2.05, 4.69) is 52.9 Å². The number of hydrazone groups is 2. The smallest absolute Gasteiger partial charge is 0.240 e. The summed E-state index contributed by atoms with van der Waals surface area (Å²) in [5, 5.41) is 7.68. The average molecular weight is 492 g/mol. The Hall–Kier alpha value is -1.36. The first-order chi connectivity index (χ1) is 11.5. The molecular weight excluding hydrogens is 480 g/mol. The van der Waals surface area contributed by atoms with Crippen LogP contribution in [0.2, 0.25) is 0 Å². The minimum Gasteiger partial charge on any atom is -0.273 e. The van der Waals surface area contributed by atoms with Crippen LogP contribution in [0.3, 0.4) is 0 Å². The van der Waals surface area contributed by atoms with Crippen molar-refractivity contribution in [1.82, 2.24) is 10.9 Å². The van der Waals surface area contributed by atoms with Crippen LogP contribution in [0.15, 0.2) is 42.0 Å². The second-order valence-corrected chi connectivity index (χ2v) is 9.36. The summed E-state index contributed by atoms with van der Waals surface area (Å²) in [5.41, 5.74) is 4.76. The predicted octanol–water partition coefficient (Wildman–Crippen LogP) is 3.72. The Morgan fingerprint density at radius 3 is 1.62 bits per heavy atom. The third-order valence-corrected chi connectivity index (χ3v) is 5.65. The fourth-order valence-electron chi connectivity index (χ4n) is 1.47. The highest BCUT2D eigenvalue weighted by atomic mass is 79.9. The normalized spacial score (nSPS) is 11.2. The van der Waals surface area contributed by atoms with Crippen molar-refractivity contribution in [2.45, 2.75) is 12.8 Å². The Bertz CT molecular complexity index is 706. The zero-order valence-electron chi connectivity index (χ0n) is 12.2. The molecule has 126 valence electrons. The van der Waals surface area contributed by atoms with Crippen LogP contribution in [0.1, 0.15) is 22.6 Å². The van der Waals surface area contributed by atoms with Gasteiger partial charge < -0.3 is 0 Å². The van der Waals surface area contributed by atoms with E-state index in [0.29, 0.717) is 0 Å². The molecular formula is C14H12Br2N4O2S2. The van der Waals surface area contributed by atoms with Gasteiger partial charge in [-0.25, -0.2) is 10.9 Å². The van der Waals surface area contributed by atoms with Gasteiger partial charge in [-0.2, -0.15) is 10.2 Å². The molecule has 2 aromatic heterocycles. The Kier molecular flexibility index (Phi) is 7.76. The molecule has 0 bridgehead atoms. The number of hydrogen-bond donors (Lipinski definition) is 2. The third kappa shape index (κ3) is 7.04. The van der Waals surface area contributed by atoms with Gasteiger partial charge in [-0.3, -0.25) is 9.59 Å². The Morgan fingerprint density at radius 1 is 0.875 bits per heavy atom. The fourth-order valence-corrected chi connectivity index (χ4v) is 4.06. The van der Waals surface area contributed by atoms with E-state index >= 15 is 0 Å². The lowest BCUT2D eigenvalue weighted by Gasteiger charge is -1.99. The lowest BCUT2D eigenvalue weighted by atomic mass is 10.3. The number of nitrogens with one attached hydrogen (secondary N) is 2. The fraction of sp³-hybridized carbons (Fsp3) is 0.143. The van der Waals surface area contributed by atoms with E-state index in [1.807, 2.05) is 24.3 Å². The standard InChI is InChI=1S/C14H12Br2N4O2S2/c15-11-3-1-9(23-11)7-17-19-13(21)5-6-14(22)20-18-8-10-2-4-12(16)24-10/h1-4,7-8H,5-6H2,(H,19,21)(H,20,22). The van der Waals surface area contributed by atoms with Crippen molar-refractivity contribution in [2.24, 2.45) is 10.2 Å². The molecule has 0 aliphatic carbocycles. The number of nitrogens with zero attached hydrogens (tertiary/aromatic N) is 2. The highest BCUT2D eigenvalue weighted by Gasteiger charge is 2.05. The van der Waals surface area contributed by atoms with Gasteiger partial charge in [0.15, 0.2) is 0 Å². The van der Waals surface area contributed by atoms with E-state index in [-0.39, 0.29) is 24.7 Å². The number of amides is 2. The maximum Gasteiger partial charge on any atom is 0.240 e. The average Bonchev–Trinajstić information content (AvgIpc) is 3.14. The summed E-state index contributed by atoms with van der Waals surface area (Å²) >= 11 is 9.69. The predicted molar refractivity (Wildman–Crippen MR) is 105 cm³/mol. The van der Waals surface area contributed by atoms with Gasteiger partial charge in [0.05, 0.1) is 20.0 Å². The molecule has 0 aliphatic rings. The van der Waals surface area contributed by atoms with Crippen molar-refractivity contribution >= 4 is 78.8 Å². The van der Waals surface area contributed by atoms with Gasteiger partial charge >= 0.3 is 0 Å². The zero-order chi connectivity index (χ0) is 17.4. The molecule has 0 spiro atoms. The van der Waals surface area contributed by atoms with E-state index in [9.17, 15) is 9.59 Å². The van der Waals surface area contributed by atoms with Gasteiger partial charge in [0, 0.05) is 22.6 Å². The first kappa shape index (κ1) is 19.0. The second-order valence-electron chi connectivity index (χ2n) is 4.37. The first-order valence-corrected chi connectivity index (χ1v) is 9.89.